The standard InChI is InChI=1S/C31H33ClN2O3S/c1-19-3-10-28(20(2)11-19)34-38(36,37)29-15-24(4-9-27(29)32)30(35)33-26-7-5-25(6-8-26)31-16-21-12-22(17-31)14-23(13-21)18-31/h3-11,15,21-23,34H,12-14,16-18H2,1-2H3,(H,33,35). The molecule has 5 nitrogen and oxygen atoms in total. The van der Waals surface area contributed by atoms with E-state index < -0.39 is 10.0 Å². The van der Waals surface area contributed by atoms with Crippen molar-refractivity contribution in [2.45, 2.75) is 62.7 Å². The topological polar surface area (TPSA) is 75.3 Å². The van der Waals surface area contributed by atoms with Gasteiger partial charge < -0.3 is 5.32 Å². The van der Waals surface area contributed by atoms with Gasteiger partial charge in [0.15, 0.2) is 0 Å². The van der Waals surface area contributed by atoms with Crippen LogP contribution in [0.3, 0.4) is 0 Å². The zero-order valence-corrected chi connectivity index (χ0v) is 23.3. The molecule has 4 aliphatic rings. The molecular formula is C31H33ClN2O3S. The molecule has 1 amide bonds. The predicted molar refractivity (Wildman–Crippen MR) is 152 cm³/mol. The summed E-state index contributed by atoms with van der Waals surface area (Å²) in [5.74, 6) is 2.24. The Labute approximate surface area is 230 Å². The van der Waals surface area contributed by atoms with Gasteiger partial charge in [-0.25, -0.2) is 8.42 Å². The summed E-state index contributed by atoms with van der Waals surface area (Å²) >= 11 is 6.27. The Kier molecular flexibility index (Phi) is 6.31. The summed E-state index contributed by atoms with van der Waals surface area (Å²) in [4.78, 5) is 13.0. The number of amides is 1. The molecule has 7 rings (SSSR count). The quantitative estimate of drug-likeness (QED) is 0.335. The van der Waals surface area contributed by atoms with Crippen LogP contribution in [0, 0.1) is 31.6 Å². The van der Waals surface area contributed by atoms with Crippen LogP contribution >= 0.6 is 11.6 Å². The molecule has 4 fully saturated rings. The van der Waals surface area contributed by atoms with Crippen molar-refractivity contribution in [3.63, 3.8) is 0 Å². The molecule has 0 unspecified atom stereocenters. The molecule has 198 valence electrons. The van der Waals surface area contributed by atoms with E-state index in [4.69, 9.17) is 11.6 Å². The van der Waals surface area contributed by atoms with Gasteiger partial charge in [0.1, 0.15) is 4.90 Å². The monoisotopic (exact) mass is 548 g/mol. The molecule has 3 aromatic rings. The van der Waals surface area contributed by atoms with Crippen molar-refractivity contribution in [2.75, 3.05) is 10.0 Å². The van der Waals surface area contributed by atoms with Crippen LogP contribution in [0.25, 0.3) is 0 Å². The number of aryl methyl sites for hydroxylation is 2. The van der Waals surface area contributed by atoms with E-state index in [-0.39, 0.29) is 21.4 Å². The van der Waals surface area contributed by atoms with Crippen LogP contribution in [0.5, 0.6) is 0 Å². The van der Waals surface area contributed by atoms with Crippen LogP contribution in [0.4, 0.5) is 11.4 Å². The lowest BCUT2D eigenvalue weighted by molar-refractivity contribution is -0.00518. The summed E-state index contributed by atoms with van der Waals surface area (Å²) in [7, 11) is -4.00. The van der Waals surface area contributed by atoms with Gasteiger partial charge in [-0.1, -0.05) is 41.4 Å². The van der Waals surface area contributed by atoms with Gasteiger partial charge in [0.2, 0.25) is 0 Å². The molecule has 0 atom stereocenters. The number of anilines is 2. The van der Waals surface area contributed by atoms with E-state index in [1.807, 2.05) is 38.1 Å². The fourth-order valence-corrected chi connectivity index (χ4v) is 9.21. The van der Waals surface area contributed by atoms with E-state index in [0.717, 1.165) is 28.9 Å². The van der Waals surface area contributed by atoms with Gasteiger partial charge in [-0.05, 0) is 123 Å². The third kappa shape index (κ3) is 4.73. The van der Waals surface area contributed by atoms with Gasteiger partial charge in [0.25, 0.3) is 15.9 Å². The minimum Gasteiger partial charge on any atom is -0.322 e. The van der Waals surface area contributed by atoms with Gasteiger partial charge in [-0.15, -0.1) is 0 Å². The molecule has 0 aliphatic heterocycles. The largest absolute Gasteiger partial charge is 0.322 e. The van der Waals surface area contributed by atoms with Crippen molar-refractivity contribution in [3.05, 3.63) is 87.9 Å². The Balaban J connectivity index is 1.19. The van der Waals surface area contributed by atoms with Gasteiger partial charge in [-0.2, -0.15) is 0 Å². The number of halogens is 1. The van der Waals surface area contributed by atoms with Crippen molar-refractivity contribution in [2.24, 2.45) is 17.8 Å². The molecular weight excluding hydrogens is 516 g/mol. The highest BCUT2D eigenvalue weighted by Crippen LogP contribution is 2.60. The number of carbonyl (C=O) groups excluding carboxylic acids is 1. The van der Waals surface area contributed by atoms with Crippen molar-refractivity contribution in [1.82, 2.24) is 0 Å². The Morgan fingerprint density at radius 2 is 1.50 bits per heavy atom. The van der Waals surface area contributed by atoms with Crippen molar-refractivity contribution in [3.8, 4) is 0 Å². The van der Waals surface area contributed by atoms with Crippen molar-refractivity contribution < 1.29 is 13.2 Å². The number of carbonyl (C=O) groups is 1. The molecule has 0 aromatic heterocycles. The zero-order valence-electron chi connectivity index (χ0n) is 21.8. The first kappa shape index (κ1) is 25.4. The Morgan fingerprint density at radius 1 is 0.868 bits per heavy atom. The Hall–Kier alpha value is -2.83. The first-order valence-corrected chi connectivity index (χ1v) is 15.3. The SMILES string of the molecule is Cc1ccc(NS(=O)(=O)c2cc(C(=O)Nc3ccc(C45CC6CC(CC(C6)C4)C5)cc3)ccc2Cl)c(C)c1. The highest BCUT2D eigenvalue weighted by Gasteiger charge is 2.51. The third-order valence-electron chi connectivity index (χ3n) is 8.90. The highest BCUT2D eigenvalue weighted by atomic mass is 35.5. The summed E-state index contributed by atoms with van der Waals surface area (Å²) in [6.45, 7) is 3.78. The predicted octanol–water partition coefficient (Wildman–Crippen LogP) is 7.48. The number of sulfonamides is 1. The van der Waals surface area contributed by atoms with Crippen LogP contribution in [0.2, 0.25) is 5.02 Å². The maximum atomic E-state index is 13.2. The summed E-state index contributed by atoms with van der Waals surface area (Å²) in [6, 6.07) is 18.1. The molecule has 0 spiro atoms. The third-order valence-corrected chi connectivity index (χ3v) is 10.7. The number of rotatable bonds is 6. The van der Waals surface area contributed by atoms with Crippen molar-refractivity contribution in [1.29, 1.82) is 0 Å². The normalized spacial score (nSPS) is 25.8. The van der Waals surface area contributed by atoms with Gasteiger partial charge in [-0.3, -0.25) is 9.52 Å². The van der Waals surface area contributed by atoms with Crippen molar-refractivity contribution >= 4 is 38.9 Å². The maximum Gasteiger partial charge on any atom is 0.263 e. The number of hydrogen-bond donors (Lipinski definition) is 2. The molecule has 3 aromatic carbocycles. The minimum atomic E-state index is -4.00. The Morgan fingerprint density at radius 3 is 2.11 bits per heavy atom. The summed E-state index contributed by atoms with van der Waals surface area (Å²) in [5, 5.41) is 2.98. The number of hydrogen-bond acceptors (Lipinski definition) is 3. The molecule has 4 aliphatic carbocycles. The molecule has 0 radical (unpaired) electrons. The summed E-state index contributed by atoms with van der Waals surface area (Å²) < 4.78 is 28.9. The van der Waals surface area contributed by atoms with E-state index in [0.29, 0.717) is 16.8 Å². The van der Waals surface area contributed by atoms with Crippen LogP contribution in [0.15, 0.2) is 65.6 Å². The summed E-state index contributed by atoms with van der Waals surface area (Å²) in [5.41, 5.74) is 4.92. The average Bonchev–Trinajstić information content (AvgIpc) is 2.85. The lowest BCUT2D eigenvalue weighted by Gasteiger charge is -2.57. The van der Waals surface area contributed by atoms with E-state index in [1.165, 1.54) is 62.3 Å². The molecule has 4 saturated carbocycles. The first-order valence-electron chi connectivity index (χ1n) is 13.4. The van der Waals surface area contributed by atoms with Gasteiger partial charge in [0.05, 0.1) is 10.7 Å². The van der Waals surface area contributed by atoms with Crippen LogP contribution in [0.1, 0.15) is 65.6 Å². The van der Waals surface area contributed by atoms with Crippen LogP contribution in [-0.2, 0) is 15.4 Å². The average molecular weight is 549 g/mol. The molecule has 0 heterocycles. The van der Waals surface area contributed by atoms with Gasteiger partial charge >= 0.3 is 0 Å². The second-order valence-electron chi connectivity index (χ2n) is 11.8. The maximum absolute atomic E-state index is 13.2. The molecule has 0 saturated heterocycles. The van der Waals surface area contributed by atoms with E-state index in [2.05, 4.69) is 22.2 Å². The number of nitrogens with one attached hydrogen (secondary N) is 2. The van der Waals surface area contributed by atoms with Crippen LogP contribution in [-0.4, -0.2) is 14.3 Å². The lowest BCUT2D eigenvalue weighted by Crippen LogP contribution is -2.48. The lowest BCUT2D eigenvalue weighted by atomic mass is 9.48. The second-order valence-corrected chi connectivity index (χ2v) is 13.9. The zero-order chi connectivity index (χ0) is 26.7. The number of benzene rings is 3. The van der Waals surface area contributed by atoms with E-state index in [1.54, 1.807) is 6.07 Å². The fraction of sp³-hybridized carbons (Fsp3) is 0.387. The first-order chi connectivity index (χ1) is 18.1. The summed E-state index contributed by atoms with van der Waals surface area (Å²) in [6.07, 6.45) is 8.11. The molecule has 7 heteroatoms. The minimum absolute atomic E-state index is 0.0544. The van der Waals surface area contributed by atoms with E-state index in [9.17, 15) is 13.2 Å². The molecule has 38 heavy (non-hydrogen) atoms. The fourth-order valence-electron chi connectivity index (χ4n) is 7.55. The molecule has 2 N–H and O–H groups in total. The smallest absolute Gasteiger partial charge is 0.263 e. The highest BCUT2D eigenvalue weighted by molar-refractivity contribution is 7.92. The molecule has 4 bridgehead atoms. The van der Waals surface area contributed by atoms with Crippen LogP contribution < -0.4 is 10.0 Å². The second kappa shape index (κ2) is 9.42. The van der Waals surface area contributed by atoms with Gasteiger partial charge in [0, 0.05) is 11.3 Å². The Bertz CT molecular complexity index is 1480. The van der Waals surface area contributed by atoms with E-state index >= 15 is 0 Å².